The minimum absolute atomic E-state index is 0.230. The van der Waals surface area contributed by atoms with Crippen molar-refractivity contribution in [3.63, 3.8) is 0 Å². The van der Waals surface area contributed by atoms with Crippen molar-refractivity contribution in [3.8, 4) is 0 Å². The summed E-state index contributed by atoms with van der Waals surface area (Å²) < 4.78 is 33.9. The normalized spacial score (nSPS) is 18.6. The van der Waals surface area contributed by atoms with Crippen LogP contribution in [0.25, 0.3) is 0 Å². The molecule has 1 N–H and O–H groups in total. The Labute approximate surface area is 182 Å². The molecular weight excluding hydrogens is 431 g/mol. The highest BCUT2D eigenvalue weighted by Gasteiger charge is 2.42. The number of hydrogen-bond donors (Lipinski definition) is 1. The lowest BCUT2D eigenvalue weighted by Gasteiger charge is -2.39. The molecule has 10 heteroatoms. The van der Waals surface area contributed by atoms with Crippen molar-refractivity contribution in [2.45, 2.75) is 32.0 Å². The fraction of sp³-hybridized carbons (Fsp3) is 0.524. The van der Waals surface area contributed by atoms with Gasteiger partial charge in [0.2, 0.25) is 0 Å². The van der Waals surface area contributed by atoms with Gasteiger partial charge in [-0.05, 0) is 61.3 Å². The van der Waals surface area contributed by atoms with Gasteiger partial charge in [-0.25, -0.2) is 4.79 Å². The molecule has 2 aromatic rings. The van der Waals surface area contributed by atoms with Gasteiger partial charge in [-0.15, -0.1) is 11.3 Å². The molecule has 0 bridgehead atoms. The van der Waals surface area contributed by atoms with E-state index in [1.807, 2.05) is 17.5 Å². The van der Waals surface area contributed by atoms with Crippen molar-refractivity contribution in [1.29, 1.82) is 0 Å². The molecule has 170 valence electrons. The van der Waals surface area contributed by atoms with Gasteiger partial charge < -0.3 is 14.6 Å². The molecule has 4 heterocycles. The highest BCUT2D eigenvalue weighted by molar-refractivity contribution is 7.12. The van der Waals surface area contributed by atoms with Gasteiger partial charge in [-0.2, -0.15) is 13.2 Å². The van der Waals surface area contributed by atoms with E-state index in [2.05, 4.69) is 39.7 Å². The monoisotopic (exact) mass is 457 g/mol. The van der Waals surface area contributed by atoms with Gasteiger partial charge >= 0.3 is 12.1 Å². The smallest absolute Gasteiger partial charge is 0.475 e. The molecule has 1 spiro atoms. The predicted molar refractivity (Wildman–Crippen MR) is 111 cm³/mol. The van der Waals surface area contributed by atoms with E-state index >= 15 is 0 Å². The molecule has 2 saturated heterocycles. The van der Waals surface area contributed by atoms with Gasteiger partial charge in [-0.1, -0.05) is 6.07 Å². The van der Waals surface area contributed by atoms with E-state index in [0.29, 0.717) is 5.41 Å². The van der Waals surface area contributed by atoms with Crippen LogP contribution in [0.15, 0.2) is 35.8 Å². The first-order valence-electron chi connectivity index (χ1n) is 10.1. The van der Waals surface area contributed by atoms with E-state index in [1.54, 1.807) is 11.3 Å². The molecular formula is C21H26F3N3O3S. The number of carboxylic acids is 1. The van der Waals surface area contributed by atoms with Crippen LogP contribution < -0.4 is 0 Å². The van der Waals surface area contributed by atoms with E-state index in [1.165, 1.54) is 25.0 Å². The van der Waals surface area contributed by atoms with Crippen molar-refractivity contribution in [3.05, 3.63) is 46.4 Å². The zero-order chi connectivity index (χ0) is 22.6. The van der Waals surface area contributed by atoms with Crippen molar-refractivity contribution in [2.24, 2.45) is 12.5 Å². The molecule has 6 nitrogen and oxygen atoms in total. The Hall–Kier alpha value is -2.33. The number of hydrogen-bond acceptors (Lipinski definition) is 4. The maximum atomic E-state index is 12.6. The van der Waals surface area contributed by atoms with Gasteiger partial charge in [0, 0.05) is 38.6 Å². The van der Waals surface area contributed by atoms with E-state index in [-0.39, 0.29) is 5.91 Å². The second-order valence-electron chi connectivity index (χ2n) is 8.14. The SMILES string of the molecule is Cn1cccc1CN1CCC2(CC1)CCN(C(=O)c1cccs1)C2.O=C(O)C(F)(F)F. The number of amides is 1. The molecule has 31 heavy (non-hydrogen) atoms. The number of rotatable bonds is 3. The van der Waals surface area contributed by atoms with Crippen molar-refractivity contribution in [1.82, 2.24) is 14.4 Å². The standard InChI is InChI=1S/C19H25N3OS.C2HF3O2/c1-20-9-2-4-16(20)14-21-10-6-19(7-11-21)8-12-22(15-19)18(23)17-5-3-13-24-17;3-2(4,5)1(6)7/h2-5,9,13H,6-8,10-12,14-15H2,1H3;(H,6,7). The number of piperidine rings is 1. The lowest BCUT2D eigenvalue weighted by atomic mass is 9.78. The minimum atomic E-state index is -5.08. The third kappa shape index (κ3) is 5.88. The van der Waals surface area contributed by atoms with Gasteiger partial charge in [0.1, 0.15) is 0 Å². The zero-order valence-corrected chi connectivity index (χ0v) is 18.1. The van der Waals surface area contributed by atoms with Crippen LogP contribution >= 0.6 is 11.3 Å². The summed E-state index contributed by atoms with van der Waals surface area (Å²) in [7, 11) is 2.12. The third-order valence-electron chi connectivity index (χ3n) is 6.05. The summed E-state index contributed by atoms with van der Waals surface area (Å²) >= 11 is 1.56. The number of aliphatic carboxylic acids is 1. The van der Waals surface area contributed by atoms with E-state index < -0.39 is 12.1 Å². The lowest BCUT2D eigenvalue weighted by Crippen LogP contribution is -2.42. The number of alkyl halides is 3. The molecule has 0 unspecified atom stereocenters. The zero-order valence-electron chi connectivity index (χ0n) is 17.3. The van der Waals surface area contributed by atoms with Crippen molar-refractivity contribution >= 4 is 23.2 Å². The van der Waals surface area contributed by atoms with E-state index in [4.69, 9.17) is 9.90 Å². The van der Waals surface area contributed by atoms with Crippen LogP contribution in [0.3, 0.4) is 0 Å². The average Bonchev–Trinajstić information content (AvgIpc) is 3.46. The molecule has 2 fully saturated rings. The second-order valence-corrected chi connectivity index (χ2v) is 9.09. The quantitative estimate of drug-likeness (QED) is 0.761. The van der Waals surface area contributed by atoms with Crippen molar-refractivity contribution < 1.29 is 27.9 Å². The summed E-state index contributed by atoms with van der Waals surface area (Å²) in [6.07, 6.45) is 0.630. The summed E-state index contributed by atoms with van der Waals surface area (Å²) in [4.78, 5) is 27.0. The molecule has 0 aromatic carbocycles. The number of nitrogens with zero attached hydrogens (tertiary/aromatic N) is 3. The summed E-state index contributed by atoms with van der Waals surface area (Å²) in [6, 6.07) is 8.24. The molecule has 0 radical (unpaired) electrons. The Kier molecular flexibility index (Phi) is 7.10. The van der Waals surface area contributed by atoms with Crippen LogP contribution in [0.2, 0.25) is 0 Å². The lowest BCUT2D eigenvalue weighted by molar-refractivity contribution is -0.192. The Bertz CT molecular complexity index is 887. The molecule has 2 aromatic heterocycles. The Morgan fingerprint density at radius 1 is 1.13 bits per heavy atom. The minimum Gasteiger partial charge on any atom is -0.475 e. The number of carbonyl (C=O) groups excluding carboxylic acids is 1. The third-order valence-corrected chi connectivity index (χ3v) is 6.91. The number of carbonyl (C=O) groups is 2. The molecule has 1 amide bonds. The van der Waals surface area contributed by atoms with Gasteiger partial charge in [-0.3, -0.25) is 9.69 Å². The van der Waals surface area contributed by atoms with Crippen LogP contribution in [-0.2, 0) is 18.4 Å². The Morgan fingerprint density at radius 2 is 1.77 bits per heavy atom. The molecule has 0 saturated carbocycles. The summed E-state index contributed by atoms with van der Waals surface area (Å²) in [5, 5.41) is 9.11. The van der Waals surface area contributed by atoms with E-state index in [9.17, 15) is 18.0 Å². The summed E-state index contributed by atoms with van der Waals surface area (Å²) in [6.45, 7) is 5.20. The van der Waals surface area contributed by atoms with E-state index in [0.717, 1.165) is 37.6 Å². The largest absolute Gasteiger partial charge is 0.490 e. The average molecular weight is 458 g/mol. The molecule has 4 rings (SSSR count). The first-order valence-corrected chi connectivity index (χ1v) is 10.9. The Balaban J connectivity index is 0.000000339. The van der Waals surface area contributed by atoms with Crippen LogP contribution in [-0.4, -0.2) is 63.7 Å². The summed E-state index contributed by atoms with van der Waals surface area (Å²) in [5.41, 5.74) is 1.74. The molecule has 0 atom stereocenters. The van der Waals surface area contributed by atoms with Crippen LogP contribution in [0.5, 0.6) is 0 Å². The van der Waals surface area contributed by atoms with Crippen LogP contribution in [0, 0.1) is 5.41 Å². The topological polar surface area (TPSA) is 65.8 Å². The second kappa shape index (κ2) is 9.44. The number of halogens is 3. The van der Waals surface area contributed by atoms with Crippen molar-refractivity contribution in [2.75, 3.05) is 26.2 Å². The predicted octanol–water partition coefficient (Wildman–Crippen LogP) is 3.85. The van der Waals surface area contributed by atoms with Gasteiger partial charge in [0.05, 0.1) is 4.88 Å². The number of aromatic nitrogens is 1. The van der Waals surface area contributed by atoms with Gasteiger partial charge in [0.15, 0.2) is 0 Å². The number of aryl methyl sites for hydroxylation is 1. The highest BCUT2D eigenvalue weighted by atomic mass is 32.1. The fourth-order valence-electron chi connectivity index (χ4n) is 4.15. The maximum absolute atomic E-state index is 12.6. The van der Waals surface area contributed by atoms with Crippen LogP contribution in [0.4, 0.5) is 13.2 Å². The number of carboxylic acid groups (broad SMARTS) is 1. The van der Waals surface area contributed by atoms with Crippen LogP contribution in [0.1, 0.15) is 34.6 Å². The number of likely N-dealkylation sites (tertiary alicyclic amines) is 2. The fourth-order valence-corrected chi connectivity index (χ4v) is 4.84. The van der Waals surface area contributed by atoms with Gasteiger partial charge in [0.25, 0.3) is 5.91 Å². The summed E-state index contributed by atoms with van der Waals surface area (Å²) in [5.74, 6) is -2.53. The molecule has 0 aliphatic carbocycles. The first-order chi connectivity index (χ1) is 14.6. The first kappa shape index (κ1) is 23.3. The Morgan fingerprint density at radius 3 is 2.29 bits per heavy atom. The highest BCUT2D eigenvalue weighted by Crippen LogP contribution is 2.41. The molecule has 2 aliphatic rings. The maximum Gasteiger partial charge on any atom is 0.490 e. The molecule has 2 aliphatic heterocycles. The number of thiophene rings is 1.